The first-order valence-corrected chi connectivity index (χ1v) is 10.9. The van der Waals surface area contributed by atoms with E-state index >= 15 is 0 Å². The molecule has 0 N–H and O–H groups in total. The molecule has 3 aromatic rings. The Morgan fingerprint density at radius 2 is 1.93 bits per heavy atom. The molecule has 0 bridgehead atoms. The van der Waals surface area contributed by atoms with Crippen LogP contribution in [0.3, 0.4) is 0 Å². The van der Waals surface area contributed by atoms with Gasteiger partial charge in [-0.25, -0.2) is 0 Å². The largest absolute Gasteiger partial charge is 0.454 e. The topological polar surface area (TPSA) is 46.9 Å². The van der Waals surface area contributed by atoms with Gasteiger partial charge in [0.15, 0.2) is 11.5 Å². The van der Waals surface area contributed by atoms with Crippen molar-refractivity contribution in [3.8, 4) is 11.5 Å². The van der Waals surface area contributed by atoms with E-state index in [2.05, 4.69) is 28.3 Å². The minimum Gasteiger partial charge on any atom is -0.454 e. The number of ether oxygens (including phenoxy) is 2. The maximum atomic E-state index is 13.7. The van der Waals surface area contributed by atoms with E-state index in [9.17, 15) is 4.79 Å². The zero-order chi connectivity index (χ0) is 20.0. The van der Waals surface area contributed by atoms with Crippen molar-refractivity contribution in [1.82, 2.24) is 14.4 Å². The third-order valence-corrected chi connectivity index (χ3v) is 6.92. The highest BCUT2D eigenvalue weighted by atomic mass is 32.1. The number of aryl methyl sites for hydroxylation is 1. The average molecular weight is 412 g/mol. The first-order valence-electron chi connectivity index (χ1n) is 10.0. The van der Waals surface area contributed by atoms with Gasteiger partial charge in [0.2, 0.25) is 6.79 Å². The minimum absolute atomic E-state index is 0.100. The first-order chi connectivity index (χ1) is 14.1. The monoisotopic (exact) mass is 411 g/mol. The molecule has 0 spiro atoms. The Morgan fingerprint density at radius 3 is 2.72 bits per heavy atom. The molecule has 1 aromatic carbocycles. The molecule has 2 aliphatic heterocycles. The van der Waals surface area contributed by atoms with Crippen molar-refractivity contribution in [2.75, 3.05) is 26.9 Å². The van der Waals surface area contributed by atoms with E-state index in [1.54, 1.807) is 11.3 Å². The predicted molar refractivity (Wildman–Crippen MR) is 114 cm³/mol. The molecular formula is C22H25N3O3S. The van der Waals surface area contributed by atoms with Crippen molar-refractivity contribution in [3.05, 3.63) is 47.0 Å². The maximum Gasteiger partial charge on any atom is 0.271 e. The SMILES string of the molecule is CN1CCC(N(Cc2ccc3c(c2)OCO3)C(=O)c2cc3sccc3n2C)CC1. The van der Waals surface area contributed by atoms with Crippen molar-refractivity contribution >= 4 is 27.5 Å². The molecule has 0 saturated carbocycles. The van der Waals surface area contributed by atoms with Crippen LogP contribution in [0.25, 0.3) is 10.2 Å². The van der Waals surface area contributed by atoms with E-state index < -0.39 is 0 Å². The molecule has 7 heteroatoms. The van der Waals surface area contributed by atoms with Crippen molar-refractivity contribution in [1.29, 1.82) is 0 Å². The van der Waals surface area contributed by atoms with Gasteiger partial charge < -0.3 is 23.8 Å². The fraction of sp³-hybridized carbons (Fsp3) is 0.409. The number of aromatic nitrogens is 1. The molecule has 29 heavy (non-hydrogen) atoms. The second-order valence-corrected chi connectivity index (χ2v) is 8.86. The van der Waals surface area contributed by atoms with E-state index in [1.807, 2.05) is 35.9 Å². The van der Waals surface area contributed by atoms with Crippen LogP contribution in [0.1, 0.15) is 28.9 Å². The molecule has 152 valence electrons. The molecular weight excluding hydrogens is 386 g/mol. The van der Waals surface area contributed by atoms with Crippen molar-refractivity contribution < 1.29 is 14.3 Å². The van der Waals surface area contributed by atoms with Gasteiger partial charge in [-0.05, 0) is 68.2 Å². The third-order valence-electron chi connectivity index (χ3n) is 6.06. The molecule has 1 amide bonds. The predicted octanol–water partition coefficient (Wildman–Crippen LogP) is 3.71. The van der Waals surface area contributed by atoms with Crippen LogP contribution in [0.5, 0.6) is 11.5 Å². The van der Waals surface area contributed by atoms with Crippen LogP contribution < -0.4 is 9.47 Å². The van der Waals surface area contributed by atoms with E-state index in [0.717, 1.165) is 58.9 Å². The molecule has 2 aliphatic rings. The highest BCUT2D eigenvalue weighted by Crippen LogP contribution is 2.34. The molecule has 0 aliphatic carbocycles. The van der Waals surface area contributed by atoms with Gasteiger partial charge in [-0.15, -0.1) is 11.3 Å². The van der Waals surface area contributed by atoms with Crippen molar-refractivity contribution in [2.24, 2.45) is 7.05 Å². The summed E-state index contributed by atoms with van der Waals surface area (Å²) < 4.78 is 14.2. The quantitative estimate of drug-likeness (QED) is 0.657. The van der Waals surface area contributed by atoms with Crippen LogP contribution in [0.2, 0.25) is 0 Å². The number of carbonyl (C=O) groups is 1. The fourth-order valence-corrected chi connectivity index (χ4v) is 5.16. The fourth-order valence-electron chi connectivity index (χ4n) is 4.31. The summed E-state index contributed by atoms with van der Waals surface area (Å²) in [5.74, 6) is 1.63. The normalized spacial score (nSPS) is 17.2. The van der Waals surface area contributed by atoms with Gasteiger partial charge in [0, 0.05) is 19.6 Å². The van der Waals surface area contributed by atoms with E-state index in [0.29, 0.717) is 6.54 Å². The number of nitrogens with zero attached hydrogens (tertiary/aromatic N) is 3. The summed E-state index contributed by atoms with van der Waals surface area (Å²) in [5.41, 5.74) is 2.94. The Bertz CT molecular complexity index is 1050. The van der Waals surface area contributed by atoms with Gasteiger partial charge in [0.25, 0.3) is 5.91 Å². The Balaban J connectivity index is 1.47. The number of benzene rings is 1. The van der Waals surface area contributed by atoms with Gasteiger partial charge >= 0.3 is 0 Å². The number of hydrogen-bond donors (Lipinski definition) is 0. The minimum atomic E-state index is 0.100. The molecule has 0 atom stereocenters. The van der Waals surface area contributed by atoms with Crippen LogP contribution >= 0.6 is 11.3 Å². The summed E-state index contributed by atoms with van der Waals surface area (Å²) in [4.78, 5) is 18.1. The van der Waals surface area contributed by atoms with Gasteiger partial charge in [0.05, 0.1) is 10.2 Å². The Morgan fingerprint density at radius 1 is 1.14 bits per heavy atom. The second-order valence-electron chi connectivity index (χ2n) is 7.91. The number of likely N-dealkylation sites (tertiary alicyclic amines) is 1. The van der Waals surface area contributed by atoms with E-state index in [-0.39, 0.29) is 18.7 Å². The van der Waals surface area contributed by atoms with E-state index in [1.165, 1.54) is 0 Å². The lowest BCUT2D eigenvalue weighted by Crippen LogP contribution is -2.46. The zero-order valence-electron chi connectivity index (χ0n) is 16.8. The van der Waals surface area contributed by atoms with Crippen molar-refractivity contribution in [2.45, 2.75) is 25.4 Å². The Hall–Kier alpha value is -2.51. The first kappa shape index (κ1) is 18.5. The van der Waals surface area contributed by atoms with Gasteiger partial charge in [-0.3, -0.25) is 4.79 Å². The summed E-state index contributed by atoms with van der Waals surface area (Å²) in [5, 5.41) is 2.07. The number of piperidine rings is 1. The number of hydrogen-bond acceptors (Lipinski definition) is 5. The van der Waals surface area contributed by atoms with E-state index in [4.69, 9.17) is 9.47 Å². The summed E-state index contributed by atoms with van der Waals surface area (Å²) in [6, 6.07) is 10.3. The van der Waals surface area contributed by atoms with Crippen LogP contribution in [-0.4, -0.2) is 53.2 Å². The number of amides is 1. The maximum absolute atomic E-state index is 13.7. The molecule has 5 rings (SSSR count). The lowest BCUT2D eigenvalue weighted by atomic mass is 10.0. The lowest BCUT2D eigenvalue weighted by Gasteiger charge is -2.37. The van der Waals surface area contributed by atoms with Crippen LogP contribution in [0.15, 0.2) is 35.7 Å². The second kappa shape index (κ2) is 7.39. The highest BCUT2D eigenvalue weighted by Gasteiger charge is 2.30. The lowest BCUT2D eigenvalue weighted by molar-refractivity contribution is 0.0560. The van der Waals surface area contributed by atoms with Crippen LogP contribution in [0.4, 0.5) is 0 Å². The van der Waals surface area contributed by atoms with Gasteiger partial charge in [0.1, 0.15) is 5.69 Å². The van der Waals surface area contributed by atoms with Gasteiger partial charge in [-0.1, -0.05) is 6.07 Å². The molecule has 2 aromatic heterocycles. The number of rotatable bonds is 4. The van der Waals surface area contributed by atoms with Crippen LogP contribution in [0, 0.1) is 0 Å². The molecule has 0 radical (unpaired) electrons. The number of thiophene rings is 1. The summed E-state index contributed by atoms with van der Waals surface area (Å²) >= 11 is 1.68. The number of carbonyl (C=O) groups excluding carboxylic acids is 1. The average Bonchev–Trinajstić information content (AvgIpc) is 3.44. The highest BCUT2D eigenvalue weighted by molar-refractivity contribution is 7.17. The molecule has 1 saturated heterocycles. The molecule has 4 heterocycles. The van der Waals surface area contributed by atoms with Crippen molar-refractivity contribution in [3.63, 3.8) is 0 Å². The Kier molecular flexibility index (Phi) is 4.72. The smallest absolute Gasteiger partial charge is 0.271 e. The van der Waals surface area contributed by atoms with Gasteiger partial charge in [-0.2, -0.15) is 0 Å². The number of fused-ring (bicyclic) bond motifs is 2. The zero-order valence-corrected chi connectivity index (χ0v) is 17.6. The summed E-state index contributed by atoms with van der Waals surface area (Å²) in [7, 11) is 4.13. The third kappa shape index (κ3) is 3.38. The van der Waals surface area contributed by atoms with Crippen LogP contribution in [-0.2, 0) is 13.6 Å². The summed E-state index contributed by atoms with van der Waals surface area (Å²) in [6.07, 6.45) is 1.98. The molecule has 0 unspecified atom stereocenters. The Labute approximate surface area is 174 Å². The summed E-state index contributed by atoms with van der Waals surface area (Å²) in [6.45, 7) is 2.86. The standard InChI is InChI=1S/C22H25N3O3S/c1-23-8-5-16(6-9-23)25(13-15-3-4-19-20(11-15)28-14-27-19)22(26)18-12-21-17(24(18)2)7-10-29-21/h3-4,7,10-12,16H,5-6,8-9,13-14H2,1-2H3. The molecule has 1 fully saturated rings. The molecule has 6 nitrogen and oxygen atoms in total.